The van der Waals surface area contributed by atoms with Gasteiger partial charge in [0.2, 0.25) is 0 Å². The Morgan fingerprint density at radius 3 is 2.67 bits per heavy atom. The van der Waals surface area contributed by atoms with E-state index >= 15 is 0 Å². The third-order valence-electron chi connectivity index (χ3n) is 7.65. The minimum Gasteiger partial charge on any atom is -0.390 e. The molecule has 5 rings (SSSR count). The molecule has 39 heavy (non-hydrogen) atoms. The second-order valence-electron chi connectivity index (χ2n) is 10.5. The van der Waals surface area contributed by atoms with Crippen LogP contribution >= 0.6 is 11.9 Å². The number of hydrogen-bond acceptors (Lipinski definition) is 6. The fourth-order valence-corrected chi connectivity index (χ4v) is 6.37. The van der Waals surface area contributed by atoms with Crippen LogP contribution in [0, 0.1) is 11.6 Å². The number of anilines is 1. The average molecular weight is 559 g/mol. The highest BCUT2D eigenvalue weighted by Crippen LogP contribution is 2.37. The number of aliphatic hydroxyl groups excluding tert-OH is 1. The molecule has 1 fully saturated rings. The molecule has 4 N–H and O–H groups in total. The highest BCUT2D eigenvalue weighted by molar-refractivity contribution is 8.00. The van der Waals surface area contributed by atoms with E-state index in [2.05, 4.69) is 45.9 Å². The Balaban J connectivity index is 1.44. The van der Waals surface area contributed by atoms with Gasteiger partial charge in [0.1, 0.15) is 17.3 Å². The molecule has 3 atom stereocenters. The summed E-state index contributed by atoms with van der Waals surface area (Å²) >= 11 is 1.60. The quantitative estimate of drug-likeness (QED) is 0.288. The highest BCUT2D eigenvalue weighted by atomic mass is 32.2. The van der Waals surface area contributed by atoms with E-state index in [0.29, 0.717) is 24.5 Å². The largest absolute Gasteiger partial charge is 0.390 e. The Hall–Kier alpha value is -2.66. The van der Waals surface area contributed by atoms with Crippen molar-refractivity contribution in [2.45, 2.75) is 63.8 Å². The molecule has 1 aromatic heterocycles. The zero-order valence-corrected chi connectivity index (χ0v) is 23.1. The summed E-state index contributed by atoms with van der Waals surface area (Å²) in [5.41, 5.74) is 3.97. The smallest absolute Gasteiger partial charge is 0.268 e. The number of carbonyl (C=O) groups is 1. The number of nitrogens with one attached hydrogen (secondary N) is 3. The van der Waals surface area contributed by atoms with E-state index in [-0.39, 0.29) is 31.0 Å². The first-order valence-electron chi connectivity index (χ1n) is 13.6. The van der Waals surface area contributed by atoms with Crippen LogP contribution in [0.2, 0.25) is 0 Å². The molecule has 1 saturated heterocycles. The van der Waals surface area contributed by atoms with E-state index in [0.717, 1.165) is 53.2 Å². The summed E-state index contributed by atoms with van der Waals surface area (Å²) in [5.74, 6) is -0.946. The van der Waals surface area contributed by atoms with Crippen LogP contribution in [0.25, 0.3) is 10.9 Å². The topological polar surface area (TPSA) is 87.6 Å². The highest BCUT2D eigenvalue weighted by Gasteiger charge is 2.29. The molecule has 210 valence electrons. The van der Waals surface area contributed by atoms with Crippen LogP contribution in [0.5, 0.6) is 0 Å². The molecule has 10 heteroatoms. The van der Waals surface area contributed by atoms with Crippen molar-refractivity contribution < 1.29 is 23.4 Å². The van der Waals surface area contributed by atoms with Gasteiger partial charge < -0.3 is 29.8 Å². The van der Waals surface area contributed by atoms with Crippen molar-refractivity contribution in [3.05, 3.63) is 64.9 Å². The third kappa shape index (κ3) is 6.24. The number of aliphatic hydroxyl groups is 1. The SMILES string of the molecule is CCc1ccc2c3c1cc(C(=O)N[C@@H](Cc1cc(F)cc(F)c1)[C@H](O)CNC1CCOCC1)n3C(C)CSN2. The van der Waals surface area contributed by atoms with Crippen LogP contribution in [-0.2, 0) is 17.6 Å². The van der Waals surface area contributed by atoms with Crippen molar-refractivity contribution in [2.75, 3.05) is 30.2 Å². The Morgan fingerprint density at radius 1 is 1.21 bits per heavy atom. The van der Waals surface area contributed by atoms with Gasteiger partial charge in [-0.25, -0.2) is 8.78 Å². The lowest BCUT2D eigenvalue weighted by Crippen LogP contribution is -2.51. The predicted octanol–water partition coefficient (Wildman–Crippen LogP) is 4.59. The Labute approximate surface area is 231 Å². The molecule has 2 aromatic carbocycles. The monoisotopic (exact) mass is 558 g/mol. The van der Waals surface area contributed by atoms with Gasteiger partial charge in [0.05, 0.1) is 23.3 Å². The van der Waals surface area contributed by atoms with Crippen molar-refractivity contribution >= 4 is 34.4 Å². The predicted molar refractivity (Wildman–Crippen MR) is 151 cm³/mol. The zero-order chi connectivity index (χ0) is 27.5. The number of carbonyl (C=O) groups excluding carboxylic acids is 1. The summed E-state index contributed by atoms with van der Waals surface area (Å²) < 4.78 is 38.9. The lowest BCUT2D eigenvalue weighted by molar-refractivity contribution is 0.0655. The third-order valence-corrected chi connectivity index (χ3v) is 8.66. The summed E-state index contributed by atoms with van der Waals surface area (Å²) in [7, 11) is 0. The number of rotatable bonds is 9. The van der Waals surface area contributed by atoms with Crippen molar-refractivity contribution in [1.29, 1.82) is 0 Å². The van der Waals surface area contributed by atoms with E-state index in [4.69, 9.17) is 4.74 Å². The molecule has 2 aliphatic heterocycles. The van der Waals surface area contributed by atoms with Crippen molar-refractivity contribution in [3.8, 4) is 0 Å². The van der Waals surface area contributed by atoms with Gasteiger partial charge in [-0.2, -0.15) is 0 Å². The van der Waals surface area contributed by atoms with Gasteiger partial charge in [0, 0.05) is 49.0 Å². The first-order valence-corrected chi connectivity index (χ1v) is 14.6. The van der Waals surface area contributed by atoms with Crippen LogP contribution in [0.4, 0.5) is 14.5 Å². The van der Waals surface area contributed by atoms with Crippen LogP contribution in [0.3, 0.4) is 0 Å². The first kappa shape index (κ1) is 27.9. The molecule has 3 heterocycles. The molecule has 0 saturated carbocycles. The number of ether oxygens (including phenoxy) is 1. The lowest BCUT2D eigenvalue weighted by atomic mass is 9.99. The Kier molecular flexibility index (Phi) is 8.76. The average Bonchev–Trinajstić information content (AvgIpc) is 3.24. The minimum atomic E-state index is -0.979. The summed E-state index contributed by atoms with van der Waals surface area (Å²) in [6.45, 7) is 5.73. The lowest BCUT2D eigenvalue weighted by Gasteiger charge is -2.29. The second-order valence-corrected chi connectivity index (χ2v) is 11.3. The van der Waals surface area contributed by atoms with Crippen LogP contribution in [0.1, 0.15) is 54.3 Å². The van der Waals surface area contributed by atoms with E-state index in [1.54, 1.807) is 11.9 Å². The Morgan fingerprint density at radius 2 is 1.95 bits per heavy atom. The molecule has 0 bridgehead atoms. The summed E-state index contributed by atoms with van der Waals surface area (Å²) in [6.07, 6.45) is 1.60. The molecular formula is C29H36F2N4O3S. The Bertz CT molecular complexity index is 1310. The number of aryl methyl sites for hydroxylation is 1. The maximum absolute atomic E-state index is 14.0. The van der Waals surface area contributed by atoms with Gasteiger partial charge in [-0.05, 0) is 68.0 Å². The normalized spacial score (nSPS) is 19.4. The number of benzene rings is 2. The molecule has 0 spiro atoms. The van der Waals surface area contributed by atoms with Crippen LogP contribution in [-0.4, -0.2) is 59.3 Å². The minimum absolute atomic E-state index is 0.0463. The van der Waals surface area contributed by atoms with Crippen molar-refractivity contribution in [3.63, 3.8) is 0 Å². The van der Waals surface area contributed by atoms with E-state index in [1.807, 2.05) is 6.07 Å². The molecule has 0 radical (unpaired) electrons. The van der Waals surface area contributed by atoms with Crippen LogP contribution < -0.4 is 15.4 Å². The van der Waals surface area contributed by atoms with Gasteiger partial charge >= 0.3 is 0 Å². The van der Waals surface area contributed by atoms with Crippen molar-refractivity contribution in [2.24, 2.45) is 0 Å². The number of nitrogens with zero attached hydrogens (tertiary/aromatic N) is 1. The van der Waals surface area contributed by atoms with Gasteiger partial charge in [-0.15, -0.1) is 0 Å². The number of hydrogen-bond donors (Lipinski definition) is 4. The maximum atomic E-state index is 14.0. The molecular weight excluding hydrogens is 522 g/mol. The van der Waals surface area contributed by atoms with Gasteiger partial charge in [-0.3, -0.25) is 4.79 Å². The van der Waals surface area contributed by atoms with Crippen LogP contribution in [0.15, 0.2) is 36.4 Å². The van der Waals surface area contributed by atoms with Gasteiger partial charge in [0.25, 0.3) is 5.91 Å². The molecule has 7 nitrogen and oxygen atoms in total. The zero-order valence-electron chi connectivity index (χ0n) is 22.3. The first-order chi connectivity index (χ1) is 18.8. The molecule has 3 aromatic rings. The van der Waals surface area contributed by atoms with E-state index in [9.17, 15) is 18.7 Å². The number of aromatic nitrogens is 1. The summed E-state index contributed by atoms with van der Waals surface area (Å²) in [6, 6.07) is 8.84. The standard InChI is InChI=1S/C29H36F2N4O3S/c1-3-19-4-5-24-28-23(19)14-26(35(28)17(2)16-39-34-24)29(37)33-25(12-18-10-20(30)13-21(31)11-18)27(36)15-32-22-6-8-38-9-7-22/h4-5,10-11,13-14,17,22,25,27,32,34,36H,3,6-9,12,15-16H2,1-2H3,(H,33,37)/t17?,25-,27+/m0/s1. The molecule has 0 aliphatic carbocycles. The molecule has 1 amide bonds. The van der Waals surface area contributed by atoms with E-state index < -0.39 is 23.8 Å². The number of halogens is 2. The molecule has 1 unspecified atom stereocenters. The fraction of sp³-hybridized carbons (Fsp3) is 0.483. The van der Waals surface area contributed by atoms with Gasteiger partial charge in [-0.1, -0.05) is 24.9 Å². The second kappa shape index (κ2) is 12.2. The maximum Gasteiger partial charge on any atom is 0.268 e. The van der Waals surface area contributed by atoms with Crippen molar-refractivity contribution in [1.82, 2.24) is 15.2 Å². The summed E-state index contributed by atoms with van der Waals surface area (Å²) in [4.78, 5) is 13.9. The molecule has 2 aliphatic rings. The van der Waals surface area contributed by atoms with Gasteiger partial charge in [0.15, 0.2) is 0 Å². The summed E-state index contributed by atoms with van der Waals surface area (Å²) in [5, 5.41) is 18.6. The number of amides is 1. The van der Waals surface area contributed by atoms with E-state index in [1.165, 1.54) is 12.1 Å². The fourth-order valence-electron chi connectivity index (χ4n) is 5.57.